The molecule has 4 rings (SSSR count). The van der Waals surface area contributed by atoms with Gasteiger partial charge in [-0.2, -0.15) is 10.2 Å². The topological polar surface area (TPSA) is 90.5 Å². The standard InChI is InChI=1S/C19H18ClN7O/c1-4-26-18-17(12(3)25-26)14(7-11(2)23-18)19(28)24-13-5-6-16(15(20)8-13)27-10-21-9-22-27/h5-10H,4H2,1-3H3,(H,24,28). The second-order valence-electron chi connectivity index (χ2n) is 6.37. The van der Waals surface area contributed by atoms with Gasteiger partial charge in [0.1, 0.15) is 12.7 Å². The molecule has 1 aromatic carbocycles. The van der Waals surface area contributed by atoms with Crippen LogP contribution in [0.4, 0.5) is 5.69 Å². The molecule has 0 aliphatic heterocycles. The number of rotatable bonds is 4. The number of carbonyl (C=O) groups is 1. The van der Waals surface area contributed by atoms with Crippen molar-refractivity contribution < 1.29 is 4.79 Å². The van der Waals surface area contributed by atoms with Crippen molar-refractivity contribution in [1.82, 2.24) is 29.5 Å². The number of carbonyl (C=O) groups excluding carboxylic acids is 1. The highest BCUT2D eigenvalue weighted by Crippen LogP contribution is 2.26. The number of hydrogen-bond donors (Lipinski definition) is 1. The summed E-state index contributed by atoms with van der Waals surface area (Å²) in [5.74, 6) is -0.237. The van der Waals surface area contributed by atoms with Crippen LogP contribution in [0.3, 0.4) is 0 Å². The molecule has 3 heterocycles. The minimum atomic E-state index is -0.237. The molecule has 0 saturated carbocycles. The number of halogens is 1. The Morgan fingerprint density at radius 3 is 2.75 bits per heavy atom. The van der Waals surface area contributed by atoms with E-state index in [0.29, 0.717) is 34.2 Å². The molecule has 0 bridgehead atoms. The summed E-state index contributed by atoms with van der Waals surface area (Å²) in [6.07, 6.45) is 2.99. The van der Waals surface area contributed by atoms with E-state index < -0.39 is 0 Å². The third-order valence-electron chi connectivity index (χ3n) is 4.42. The molecule has 142 valence electrons. The predicted octanol–water partition coefficient (Wildman–Crippen LogP) is 3.55. The van der Waals surface area contributed by atoms with Gasteiger partial charge in [0.25, 0.3) is 5.91 Å². The second-order valence-corrected chi connectivity index (χ2v) is 6.78. The van der Waals surface area contributed by atoms with Gasteiger partial charge in [0.05, 0.1) is 27.4 Å². The van der Waals surface area contributed by atoms with Gasteiger partial charge in [-0.3, -0.25) is 4.79 Å². The van der Waals surface area contributed by atoms with Gasteiger partial charge in [0.15, 0.2) is 5.65 Å². The average molecular weight is 396 g/mol. The first kappa shape index (κ1) is 18.1. The first-order valence-corrected chi connectivity index (χ1v) is 9.16. The van der Waals surface area contributed by atoms with E-state index in [4.69, 9.17) is 11.6 Å². The molecule has 28 heavy (non-hydrogen) atoms. The zero-order chi connectivity index (χ0) is 19.8. The number of aryl methyl sites for hydroxylation is 3. The number of pyridine rings is 1. The van der Waals surface area contributed by atoms with Crippen molar-refractivity contribution in [2.24, 2.45) is 0 Å². The Morgan fingerprint density at radius 1 is 1.25 bits per heavy atom. The number of fused-ring (bicyclic) bond motifs is 1. The lowest BCUT2D eigenvalue weighted by Gasteiger charge is -2.10. The number of nitrogens with zero attached hydrogens (tertiary/aromatic N) is 6. The first-order chi connectivity index (χ1) is 13.5. The molecule has 0 atom stereocenters. The SMILES string of the molecule is CCn1nc(C)c2c(C(=O)Nc3ccc(-n4cncn4)c(Cl)c3)cc(C)nc21. The molecule has 3 aromatic heterocycles. The maximum Gasteiger partial charge on any atom is 0.256 e. The number of benzene rings is 1. The lowest BCUT2D eigenvalue weighted by molar-refractivity contribution is 0.102. The van der Waals surface area contributed by atoms with Gasteiger partial charge in [-0.15, -0.1) is 0 Å². The number of hydrogen-bond acceptors (Lipinski definition) is 5. The lowest BCUT2D eigenvalue weighted by atomic mass is 10.1. The Balaban J connectivity index is 1.69. The summed E-state index contributed by atoms with van der Waals surface area (Å²) in [5, 5.41) is 12.7. The van der Waals surface area contributed by atoms with Crippen LogP contribution in [-0.2, 0) is 6.54 Å². The third kappa shape index (κ3) is 3.11. The molecule has 1 amide bonds. The zero-order valence-electron chi connectivity index (χ0n) is 15.6. The summed E-state index contributed by atoms with van der Waals surface area (Å²) in [4.78, 5) is 21.5. The van der Waals surface area contributed by atoms with Gasteiger partial charge in [-0.25, -0.2) is 19.3 Å². The van der Waals surface area contributed by atoms with Gasteiger partial charge in [-0.1, -0.05) is 11.6 Å². The maximum atomic E-state index is 13.0. The van der Waals surface area contributed by atoms with Crippen LogP contribution >= 0.6 is 11.6 Å². The van der Waals surface area contributed by atoms with Crippen molar-refractivity contribution in [2.45, 2.75) is 27.3 Å². The smallest absolute Gasteiger partial charge is 0.256 e. The van der Waals surface area contributed by atoms with Crippen molar-refractivity contribution in [3.63, 3.8) is 0 Å². The van der Waals surface area contributed by atoms with Crippen LogP contribution < -0.4 is 5.32 Å². The molecule has 0 saturated heterocycles. The van der Waals surface area contributed by atoms with E-state index in [0.717, 1.165) is 16.8 Å². The molecular formula is C19H18ClN7O. The Kier molecular flexibility index (Phi) is 4.56. The molecule has 8 nitrogen and oxygen atoms in total. The minimum Gasteiger partial charge on any atom is -0.322 e. The Bertz CT molecular complexity index is 1180. The molecule has 0 aliphatic carbocycles. The van der Waals surface area contributed by atoms with Crippen molar-refractivity contribution in [3.8, 4) is 5.69 Å². The lowest BCUT2D eigenvalue weighted by Crippen LogP contribution is -2.13. The molecule has 1 N–H and O–H groups in total. The van der Waals surface area contributed by atoms with Crippen LogP contribution in [0.1, 0.15) is 28.7 Å². The number of aromatic nitrogens is 6. The van der Waals surface area contributed by atoms with Crippen LogP contribution in [0.5, 0.6) is 0 Å². The van der Waals surface area contributed by atoms with Gasteiger partial charge in [0.2, 0.25) is 0 Å². The summed E-state index contributed by atoms with van der Waals surface area (Å²) in [6, 6.07) is 7.01. The minimum absolute atomic E-state index is 0.237. The fourth-order valence-corrected chi connectivity index (χ4v) is 3.45. The normalized spacial score (nSPS) is 11.1. The Morgan fingerprint density at radius 2 is 2.07 bits per heavy atom. The first-order valence-electron chi connectivity index (χ1n) is 8.78. The molecule has 0 aliphatic rings. The van der Waals surface area contributed by atoms with Crippen molar-refractivity contribution in [1.29, 1.82) is 0 Å². The van der Waals surface area contributed by atoms with E-state index in [2.05, 4.69) is 25.5 Å². The fourth-order valence-electron chi connectivity index (χ4n) is 3.18. The molecule has 0 unspecified atom stereocenters. The highest BCUT2D eigenvalue weighted by molar-refractivity contribution is 6.32. The Labute approximate surface area is 166 Å². The predicted molar refractivity (Wildman–Crippen MR) is 107 cm³/mol. The Hall–Kier alpha value is -3.26. The highest BCUT2D eigenvalue weighted by atomic mass is 35.5. The molecular weight excluding hydrogens is 378 g/mol. The molecule has 0 spiro atoms. The monoisotopic (exact) mass is 395 g/mol. The summed E-state index contributed by atoms with van der Waals surface area (Å²) in [7, 11) is 0. The van der Waals surface area contributed by atoms with Gasteiger partial charge in [0, 0.05) is 17.9 Å². The van der Waals surface area contributed by atoms with E-state index in [1.807, 2.05) is 20.8 Å². The zero-order valence-corrected chi connectivity index (χ0v) is 16.4. The van der Waals surface area contributed by atoms with E-state index in [-0.39, 0.29) is 5.91 Å². The maximum absolute atomic E-state index is 13.0. The van der Waals surface area contributed by atoms with Gasteiger partial charge in [-0.05, 0) is 45.0 Å². The summed E-state index contributed by atoms with van der Waals surface area (Å²) < 4.78 is 3.37. The van der Waals surface area contributed by atoms with Crippen molar-refractivity contribution in [2.75, 3.05) is 5.32 Å². The third-order valence-corrected chi connectivity index (χ3v) is 4.72. The summed E-state index contributed by atoms with van der Waals surface area (Å²) in [5.41, 5.74) is 4.04. The van der Waals surface area contributed by atoms with Gasteiger partial charge >= 0.3 is 0 Å². The van der Waals surface area contributed by atoms with E-state index in [9.17, 15) is 4.79 Å². The van der Waals surface area contributed by atoms with Crippen molar-refractivity contribution >= 4 is 34.2 Å². The van der Waals surface area contributed by atoms with E-state index >= 15 is 0 Å². The van der Waals surface area contributed by atoms with Crippen LogP contribution in [0.25, 0.3) is 16.7 Å². The van der Waals surface area contributed by atoms with Crippen LogP contribution in [0.2, 0.25) is 5.02 Å². The van der Waals surface area contributed by atoms with Crippen LogP contribution in [0.15, 0.2) is 36.9 Å². The quantitative estimate of drug-likeness (QED) is 0.570. The summed E-state index contributed by atoms with van der Waals surface area (Å²) >= 11 is 6.35. The van der Waals surface area contributed by atoms with Crippen molar-refractivity contribution in [3.05, 3.63) is 58.9 Å². The number of anilines is 1. The average Bonchev–Trinajstić information content (AvgIpc) is 3.29. The van der Waals surface area contributed by atoms with Gasteiger partial charge < -0.3 is 5.32 Å². The summed E-state index contributed by atoms with van der Waals surface area (Å²) in [6.45, 7) is 6.42. The molecule has 9 heteroatoms. The van der Waals surface area contributed by atoms with E-state index in [1.54, 1.807) is 40.0 Å². The van der Waals surface area contributed by atoms with E-state index in [1.165, 1.54) is 6.33 Å². The number of nitrogens with one attached hydrogen (secondary N) is 1. The molecule has 4 aromatic rings. The highest BCUT2D eigenvalue weighted by Gasteiger charge is 2.19. The molecule has 0 radical (unpaired) electrons. The fraction of sp³-hybridized carbons (Fsp3) is 0.211. The largest absolute Gasteiger partial charge is 0.322 e. The number of amides is 1. The second kappa shape index (κ2) is 7.05. The van der Waals surface area contributed by atoms with Crippen LogP contribution in [-0.4, -0.2) is 35.4 Å². The molecule has 0 fully saturated rings. The van der Waals surface area contributed by atoms with Crippen LogP contribution in [0, 0.1) is 13.8 Å².